The monoisotopic (exact) mass is 366 g/mol. The van der Waals surface area contributed by atoms with Gasteiger partial charge in [0.25, 0.3) is 5.91 Å². The highest BCUT2D eigenvalue weighted by Crippen LogP contribution is 2.27. The van der Waals surface area contributed by atoms with E-state index in [9.17, 15) is 9.59 Å². The van der Waals surface area contributed by atoms with Crippen molar-refractivity contribution in [2.75, 3.05) is 13.1 Å². The first-order valence-electron chi connectivity index (χ1n) is 9.06. The number of nitrogens with two attached hydrogens (primary N) is 1. The normalized spacial score (nSPS) is 17.4. The van der Waals surface area contributed by atoms with Crippen LogP contribution in [0.5, 0.6) is 0 Å². The summed E-state index contributed by atoms with van der Waals surface area (Å²) in [4.78, 5) is 38.1. The van der Waals surface area contributed by atoms with E-state index in [1.165, 1.54) is 0 Å². The topological polar surface area (TPSA) is 110 Å². The van der Waals surface area contributed by atoms with Gasteiger partial charge >= 0.3 is 0 Å². The third kappa shape index (κ3) is 3.42. The van der Waals surface area contributed by atoms with Crippen LogP contribution in [0.4, 0.5) is 0 Å². The highest BCUT2D eigenvalue weighted by Gasteiger charge is 2.28. The molecule has 1 aromatic carbocycles. The van der Waals surface area contributed by atoms with E-state index < -0.39 is 5.91 Å². The summed E-state index contributed by atoms with van der Waals surface area (Å²) in [5.74, 6) is 1.33. The molecule has 8 heteroatoms. The molecule has 8 nitrogen and oxygen atoms in total. The van der Waals surface area contributed by atoms with Crippen LogP contribution in [0.25, 0.3) is 11.0 Å². The summed E-state index contributed by atoms with van der Waals surface area (Å²) < 4.78 is 1.78. The average Bonchev–Trinajstić information content (AvgIpc) is 3.25. The molecule has 3 heterocycles. The van der Waals surface area contributed by atoms with Crippen molar-refractivity contribution >= 4 is 22.8 Å². The molecule has 3 aromatic rings. The van der Waals surface area contributed by atoms with E-state index in [0.29, 0.717) is 18.7 Å². The number of hydrogen-bond acceptors (Lipinski definition) is 4. The number of carbonyl (C=O) groups excluding carboxylic acids is 2. The molecule has 0 saturated carbocycles. The Morgan fingerprint density at radius 2 is 2.22 bits per heavy atom. The number of primary amides is 1. The Bertz CT molecular complexity index is 1000. The van der Waals surface area contributed by atoms with Crippen molar-refractivity contribution in [3.05, 3.63) is 47.8 Å². The second-order valence-corrected chi connectivity index (χ2v) is 7.02. The number of amides is 2. The van der Waals surface area contributed by atoms with Gasteiger partial charge < -0.3 is 20.2 Å². The van der Waals surface area contributed by atoms with Crippen molar-refractivity contribution in [2.24, 2.45) is 5.73 Å². The van der Waals surface area contributed by atoms with Gasteiger partial charge in [-0.05, 0) is 38.0 Å². The third-order valence-electron chi connectivity index (χ3n) is 4.99. The van der Waals surface area contributed by atoms with E-state index in [2.05, 4.69) is 15.0 Å². The van der Waals surface area contributed by atoms with E-state index in [0.717, 1.165) is 35.5 Å². The molecule has 2 aromatic heterocycles. The highest BCUT2D eigenvalue weighted by atomic mass is 16.2. The predicted molar refractivity (Wildman–Crippen MR) is 100 cm³/mol. The van der Waals surface area contributed by atoms with Crippen LogP contribution in [-0.4, -0.2) is 49.3 Å². The Labute approximate surface area is 156 Å². The maximum absolute atomic E-state index is 13.0. The molecule has 1 aliphatic rings. The van der Waals surface area contributed by atoms with Crippen LogP contribution in [0.3, 0.4) is 0 Å². The lowest BCUT2D eigenvalue weighted by Crippen LogP contribution is -2.40. The SMILES string of the molecule is Cc1nc2ccc(C(=O)N3CCCC(c4nccn4CC(N)=O)C3)cc2[nH]1. The Hall–Kier alpha value is -3.16. The number of aryl methyl sites for hydroxylation is 1. The van der Waals surface area contributed by atoms with Crippen molar-refractivity contribution < 1.29 is 9.59 Å². The Kier molecular flexibility index (Phi) is 4.39. The van der Waals surface area contributed by atoms with Gasteiger partial charge in [0, 0.05) is 37.0 Å². The summed E-state index contributed by atoms with van der Waals surface area (Å²) in [7, 11) is 0. The molecule has 27 heavy (non-hydrogen) atoms. The van der Waals surface area contributed by atoms with E-state index in [1.54, 1.807) is 17.0 Å². The summed E-state index contributed by atoms with van der Waals surface area (Å²) in [6, 6.07) is 5.55. The molecular weight excluding hydrogens is 344 g/mol. The van der Waals surface area contributed by atoms with Crippen LogP contribution in [0.2, 0.25) is 0 Å². The fourth-order valence-corrected chi connectivity index (χ4v) is 3.81. The van der Waals surface area contributed by atoms with Gasteiger partial charge in [0.05, 0.1) is 11.0 Å². The molecule has 3 N–H and O–H groups in total. The fraction of sp³-hybridized carbons (Fsp3) is 0.368. The molecule has 1 saturated heterocycles. The summed E-state index contributed by atoms with van der Waals surface area (Å²) in [5.41, 5.74) is 7.69. The summed E-state index contributed by atoms with van der Waals surface area (Å²) in [6.45, 7) is 3.29. The van der Waals surface area contributed by atoms with Gasteiger partial charge in [0.1, 0.15) is 18.2 Å². The second kappa shape index (κ2) is 6.86. The maximum Gasteiger partial charge on any atom is 0.253 e. The molecule has 0 radical (unpaired) electrons. The molecule has 0 spiro atoms. The Morgan fingerprint density at radius 1 is 1.37 bits per heavy atom. The minimum Gasteiger partial charge on any atom is -0.368 e. The predicted octanol–water partition coefficient (Wildman–Crippen LogP) is 1.57. The second-order valence-electron chi connectivity index (χ2n) is 7.02. The first-order valence-corrected chi connectivity index (χ1v) is 9.06. The largest absolute Gasteiger partial charge is 0.368 e. The number of hydrogen-bond donors (Lipinski definition) is 2. The van der Waals surface area contributed by atoms with E-state index in [1.807, 2.05) is 30.0 Å². The first kappa shape index (κ1) is 17.3. The van der Waals surface area contributed by atoms with Crippen LogP contribution in [0.15, 0.2) is 30.6 Å². The molecule has 1 unspecified atom stereocenters. The summed E-state index contributed by atoms with van der Waals surface area (Å²) >= 11 is 0. The quantitative estimate of drug-likeness (QED) is 0.730. The molecule has 1 fully saturated rings. The van der Waals surface area contributed by atoms with Gasteiger partial charge in [-0.25, -0.2) is 9.97 Å². The zero-order valence-electron chi connectivity index (χ0n) is 15.2. The minimum atomic E-state index is -0.402. The number of carbonyl (C=O) groups is 2. The zero-order valence-corrected chi connectivity index (χ0v) is 15.2. The van der Waals surface area contributed by atoms with Gasteiger partial charge in [-0.1, -0.05) is 0 Å². The summed E-state index contributed by atoms with van der Waals surface area (Å²) in [6.07, 6.45) is 5.26. The Morgan fingerprint density at radius 3 is 3.04 bits per heavy atom. The van der Waals surface area contributed by atoms with Crippen molar-refractivity contribution in [2.45, 2.75) is 32.2 Å². The van der Waals surface area contributed by atoms with Crippen LogP contribution in [0, 0.1) is 6.92 Å². The van der Waals surface area contributed by atoms with Crippen molar-refractivity contribution in [1.29, 1.82) is 0 Å². The minimum absolute atomic E-state index is 0.00172. The number of imidazole rings is 2. The van der Waals surface area contributed by atoms with Crippen molar-refractivity contribution in [1.82, 2.24) is 24.4 Å². The molecule has 1 aliphatic heterocycles. The van der Waals surface area contributed by atoms with E-state index in [4.69, 9.17) is 5.73 Å². The maximum atomic E-state index is 13.0. The van der Waals surface area contributed by atoms with Gasteiger partial charge in [0.15, 0.2) is 0 Å². The van der Waals surface area contributed by atoms with Crippen molar-refractivity contribution in [3.8, 4) is 0 Å². The van der Waals surface area contributed by atoms with E-state index in [-0.39, 0.29) is 18.4 Å². The third-order valence-corrected chi connectivity index (χ3v) is 4.99. The number of benzene rings is 1. The van der Waals surface area contributed by atoms with Crippen LogP contribution < -0.4 is 5.73 Å². The lowest BCUT2D eigenvalue weighted by Gasteiger charge is -2.32. The molecule has 0 aliphatic carbocycles. The molecular formula is C19H22N6O2. The standard InChI is InChI=1S/C19H22N6O2/c1-12-22-15-5-4-13(9-16(15)23-12)19(27)25-7-2-3-14(10-25)18-21-6-8-24(18)11-17(20)26/h4-6,8-9,14H,2-3,7,10-11H2,1H3,(H2,20,26)(H,22,23). The number of H-pyrrole nitrogens is 1. The first-order chi connectivity index (χ1) is 13.0. The van der Waals surface area contributed by atoms with Crippen molar-refractivity contribution in [3.63, 3.8) is 0 Å². The molecule has 4 rings (SSSR count). The lowest BCUT2D eigenvalue weighted by molar-refractivity contribution is -0.118. The van der Waals surface area contributed by atoms with Crippen LogP contribution in [0.1, 0.15) is 40.8 Å². The number of aromatic nitrogens is 4. The number of nitrogens with zero attached hydrogens (tertiary/aromatic N) is 4. The van der Waals surface area contributed by atoms with Crippen LogP contribution >= 0.6 is 0 Å². The van der Waals surface area contributed by atoms with Gasteiger partial charge in [0.2, 0.25) is 5.91 Å². The van der Waals surface area contributed by atoms with E-state index >= 15 is 0 Å². The number of nitrogens with one attached hydrogen (secondary N) is 1. The van der Waals surface area contributed by atoms with Gasteiger partial charge in [-0.2, -0.15) is 0 Å². The lowest BCUT2D eigenvalue weighted by atomic mass is 9.96. The Balaban J connectivity index is 1.54. The number of likely N-dealkylation sites (tertiary alicyclic amines) is 1. The smallest absolute Gasteiger partial charge is 0.253 e. The molecule has 0 bridgehead atoms. The van der Waals surface area contributed by atoms with Gasteiger partial charge in [-0.3, -0.25) is 9.59 Å². The van der Waals surface area contributed by atoms with Crippen LogP contribution in [-0.2, 0) is 11.3 Å². The molecule has 140 valence electrons. The zero-order chi connectivity index (χ0) is 19.0. The molecule has 1 atom stereocenters. The highest BCUT2D eigenvalue weighted by molar-refractivity contribution is 5.97. The number of aromatic amines is 1. The average molecular weight is 366 g/mol. The number of fused-ring (bicyclic) bond motifs is 1. The fourth-order valence-electron chi connectivity index (χ4n) is 3.81. The number of piperidine rings is 1. The van der Waals surface area contributed by atoms with Gasteiger partial charge in [-0.15, -0.1) is 0 Å². The molecule has 2 amide bonds. The summed E-state index contributed by atoms with van der Waals surface area (Å²) in [5, 5.41) is 0. The number of rotatable bonds is 4.